The summed E-state index contributed by atoms with van der Waals surface area (Å²) in [7, 11) is 0. The molecule has 2 saturated heterocycles. The van der Waals surface area contributed by atoms with Gasteiger partial charge in [-0.1, -0.05) is 13.3 Å². The third-order valence-electron chi connectivity index (χ3n) is 4.57. The molecule has 2 fully saturated rings. The Balaban J connectivity index is 1.95. The monoisotopic (exact) mass is 239 g/mol. The number of rotatable bonds is 5. The summed E-state index contributed by atoms with van der Waals surface area (Å²) in [6, 6.07) is 2.02. The quantitative estimate of drug-likeness (QED) is 0.802. The number of carboxylic acid groups (broad SMARTS) is 1. The Morgan fingerprint density at radius 2 is 1.94 bits per heavy atom. The minimum Gasteiger partial charge on any atom is -0.481 e. The zero-order chi connectivity index (χ0) is 12.4. The maximum atomic E-state index is 10.8. The second-order valence-electron chi connectivity index (χ2n) is 5.91. The van der Waals surface area contributed by atoms with Crippen LogP contribution in [0, 0.1) is 5.92 Å². The Morgan fingerprint density at radius 3 is 2.41 bits per heavy atom. The fourth-order valence-corrected chi connectivity index (χ4v) is 4.03. The van der Waals surface area contributed by atoms with Gasteiger partial charge in [-0.05, 0) is 44.9 Å². The van der Waals surface area contributed by atoms with Crippen LogP contribution in [0.4, 0.5) is 0 Å². The number of nitrogens with zero attached hydrogens (tertiary/aromatic N) is 1. The molecule has 3 heteroatoms. The van der Waals surface area contributed by atoms with Gasteiger partial charge < -0.3 is 5.11 Å². The largest absolute Gasteiger partial charge is 0.481 e. The molecule has 2 rings (SSSR count). The molecule has 0 aromatic heterocycles. The Bertz CT molecular complexity index is 265. The highest BCUT2D eigenvalue weighted by Gasteiger charge is 2.42. The Kier molecular flexibility index (Phi) is 4.08. The van der Waals surface area contributed by atoms with Crippen LogP contribution in [0.5, 0.6) is 0 Å². The zero-order valence-corrected chi connectivity index (χ0v) is 11.1. The maximum Gasteiger partial charge on any atom is 0.303 e. The molecule has 3 nitrogen and oxygen atoms in total. The van der Waals surface area contributed by atoms with Gasteiger partial charge in [0, 0.05) is 24.5 Å². The van der Waals surface area contributed by atoms with Gasteiger partial charge in [0.15, 0.2) is 0 Å². The minimum absolute atomic E-state index is 0.378. The summed E-state index contributed by atoms with van der Waals surface area (Å²) in [4.78, 5) is 13.5. The lowest BCUT2D eigenvalue weighted by Crippen LogP contribution is -2.47. The van der Waals surface area contributed by atoms with E-state index in [0.29, 0.717) is 30.5 Å². The summed E-state index contributed by atoms with van der Waals surface area (Å²) in [5.41, 5.74) is 0. The normalized spacial score (nSPS) is 34.8. The third kappa shape index (κ3) is 2.82. The highest BCUT2D eigenvalue weighted by molar-refractivity contribution is 5.67. The van der Waals surface area contributed by atoms with Gasteiger partial charge >= 0.3 is 5.97 Å². The molecule has 2 aliphatic heterocycles. The SMILES string of the molecule is CCCC(C)N1C2CCC1CC(CC(=O)O)C2. The average molecular weight is 239 g/mol. The van der Waals surface area contributed by atoms with Crippen LogP contribution in [-0.2, 0) is 4.79 Å². The van der Waals surface area contributed by atoms with E-state index < -0.39 is 5.97 Å². The molecule has 2 aliphatic rings. The van der Waals surface area contributed by atoms with Crippen molar-refractivity contribution in [1.29, 1.82) is 0 Å². The number of aliphatic carboxylic acids is 1. The zero-order valence-electron chi connectivity index (χ0n) is 11.1. The van der Waals surface area contributed by atoms with E-state index in [4.69, 9.17) is 5.11 Å². The van der Waals surface area contributed by atoms with Gasteiger partial charge in [0.25, 0.3) is 0 Å². The minimum atomic E-state index is -0.621. The summed E-state index contributed by atoms with van der Waals surface area (Å²) in [5.74, 6) is -0.195. The van der Waals surface area contributed by atoms with Gasteiger partial charge in [0.1, 0.15) is 0 Å². The third-order valence-corrected chi connectivity index (χ3v) is 4.57. The highest BCUT2D eigenvalue weighted by atomic mass is 16.4. The summed E-state index contributed by atoms with van der Waals surface area (Å²) in [6.07, 6.45) is 7.69. The van der Waals surface area contributed by atoms with Gasteiger partial charge in [-0.3, -0.25) is 9.69 Å². The maximum absolute atomic E-state index is 10.8. The Morgan fingerprint density at radius 1 is 1.35 bits per heavy atom. The summed E-state index contributed by atoms with van der Waals surface area (Å²) in [5, 5.41) is 8.90. The summed E-state index contributed by atoms with van der Waals surface area (Å²) in [6.45, 7) is 4.59. The van der Waals surface area contributed by atoms with Gasteiger partial charge in [-0.2, -0.15) is 0 Å². The second-order valence-corrected chi connectivity index (χ2v) is 5.91. The van der Waals surface area contributed by atoms with Crippen molar-refractivity contribution in [1.82, 2.24) is 4.90 Å². The van der Waals surface area contributed by atoms with E-state index in [1.165, 1.54) is 25.7 Å². The summed E-state index contributed by atoms with van der Waals surface area (Å²) >= 11 is 0. The first-order chi connectivity index (χ1) is 8.11. The summed E-state index contributed by atoms with van der Waals surface area (Å²) < 4.78 is 0. The van der Waals surface area contributed by atoms with Crippen LogP contribution in [0.2, 0.25) is 0 Å². The molecule has 0 spiro atoms. The van der Waals surface area contributed by atoms with E-state index in [2.05, 4.69) is 18.7 Å². The van der Waals surface area contributed by atoms with Gasteiger partial charge in [-0.15, -0.1) is 0 Å². The molecular formula is C14H25NO2. The standard InChI is InChI=1S/C14H25NO2/c1-3-4-10(2)15-12-5-6-13(15)8-11(7-12)9-14(16)17/h10-13H,3-9H2,1-2H3,(H,16,17). The van der Waals surface area contributed by atoms with E-state index in [-0.39, 0.29) is 0 Å². The van der Waals surface area contributed by atoms with Crippen molar-refractivity contribution in [2.45, 2.75) is 76.9 Å². The van der Waals surface area contributed by atoms with E-state index in [0.717, 1.165) is 12.8 Å². The first-order valence-electron chi connectivity index (χ1n) is 7.11. The van der Waals surface area contributed by atoms with Crippen LogP contribution in [0.3, 0.4) is 0 Å². The number of carbonyl (C=O) groups is 1. The van der Waals surface area contributed by atoms with Crippen molar-refractivity contribution < 1.29 is 9.90 Å². The first kappa shape index (κ1) is 12.9. The van der Waals surface area contributed by atoms with E-state index in [9.17, 15) is 4.79 Å². The van der Waals surface area contributed by atoms with Crippen LogP contribution in [0.25, 0.3) is 0 Å². The lowest BCUT2D eigenvalue weighted by molar-refractivity contribution is -0.138. The molecule has 0 radical (unpaired) electrons. The smallest absolute Gasteiger partial charge is 0.303 e. The predicted molar refractivity (Wildman–Crippen MR) is 68.0 cm³/mol. The van der Waals surface area contributed by atoms with Crippen LogP contribution < -0.4 is 0 Å². The fourth-order valence-electron chi connectivity index (χ4n) is 4.03. The molecule has 0 aromatic carbocycles. The second kappa shape index (κ2) is 5.38. The van der Waals surface area contributed by atoms with Crippen LogP contribution in [0.15, 0.2) is 0 Å². The molecule has 0 aliphatic carbocycles. The highest BCUT2D eigenvalue weighted by Crippen LogP contribution is 2.41. The molecule has 0 amide bonds. The molecule has 0 saturated carbocycles. The van der Waals surface area contributed by atoms with Crippen molar-refractivity contribution in [3.8, 4) is 0 Å². The number of hydrogen-bond acceptors (Lipinski definition) is 2. The van der Waals surface area contributed by atoms with Crippen molar-refractivity contribution in [3.05, 3.63) is 0 Å². The Labute approximate surface area is 104 Å². The molecule has 0 aromatic rings. The number of carboxylic acids is 1. The van der Waals surface area contributed by atoms with Crippen LogP contribution in [0.1, 0.15) is 58.8 Å². The van der Waals surface area contributed by atoms with E-state index in [1.54, 1.807) is 0 Å². The average Bonchev–Trinajstić information content (AvgIpc) is 2.50. The van der Waals surface area contributed by atoms with E-state index >= 15 is 0 Å². The molecular weight excluding hydrogens is 214 g/mol. The molecule has 98 valence electrons. The number of fused-ring (bicyclic) bond motifs is 2. The molecule has 2 heterocycles. The lowest BCUT2D eigenvalue weighted by Gasteiger charge is -2.42. The fraction of sp³-hybridized carbons (Fsp3) is 0.929. The van der Waals surface area contributed by atoms with Crippen LogP contribution in [-0.4, -0.2) is 34.1 Å². The number of hydrogen-bond donors (Lipinski definition) is 1. The van der Waals surface area contributed by atoms with Crippen molar-refractivity contribution in [2.24, 2.45) is 5.92 Å². The molecule has 3 atom stereocenters. The van der Waals surface area contributed by atoms with Gasteiger partial charge in [0.05, 0.1) is 0 Å². The molecule has 17 heavy (non-hydrogen) atoms. The molecule has 1 N–H and O–H groups in total. The van der Waals surface area contributed by atoms with Crippen molar-refractivity contribution in [2.75, 3.05) is 0 Å². The number of piperidine rings is 1. The first-order valence-corrected chi connectivity index (χ1v) is 7.11. The Hall–Kier alpha value is -0.570. The molecule has 2 bridgehead atoms. The lowest BCUT2D eigenvalue weighted by atomic mass is 9.87. The van der Waals surface area contributed by atoms with Crippen LogP contribution >= 0.6 is 0 Å². The predicted octanol–water partition coefficient (Wildman–Crippen LogP) is 2.89. The van der Waals surface area contributed by atoms with Crippen molar-refractivity contribution >= 4 is 5.97 Å². The molecule has 3 unspecified atom stereocenters. The topological polar surface area (TPSA) is 40.5 Å². The van der Waals surface area contributed by atoms with Crippen molar-refractivity contribution in [3.63, 3.8) is 0 Å². The van der Waals surface area contributed by atoms with Gasteiger partial charge in [-0.25, -0.2) is 0 Å². The van der Waals surface area contributed by atoms with Gasteiger partial charge in [0.2, 0.25) is 0 Å². The van der Waals surface area contributed by atoms with E-state index in [1.807, 2.05) is 0 Å².